The summed E-state index contributed by atoms with van der Waals surface area (Å²) in [5.41, 5.74) is 1.96. The van der Waals surface area contributed by atoms with Crippen molar-refractivity contribution in [3.63, 3.8) is 0 Å². The van der Waals surface area contributed by atoms with Crippen LogP contribution >= 0.6 is 11.6 Å². The van der Waals surface area contributed by atoms with Gasteiger partial charge in [0.15, 0.2) is 5.82 Å². The van der Waals surface area contributed by atoms with Crippen LogP contribution in [-0.2, 0) is 9.53 Å². The molecule has 2 aliphatic heterocycles. The zero-order valence-corrected chi connectivity index (χ0v) is 20.1. The Balaban J connectivity index is 1.36. The number of ether oxygens (including phenoxy) is 1. The number of nitrogens with zero attached hydrogens (tertiary/aromatic N) is 3. The van der Waals surface area contributed by atoms with Crippen molar-refractivity contribution in [2.24, 2.45) is 11.3 Å². The first-order chi connectivity index (χ1) is 17.5. The Labute approximate surface area is 212 Å². The Bertz CT molecular complexity index is 1460. The van der Waals surface area contributed by atoms with Crippen LogP contribution in [0, 0.1) is 29.0 Å². The van der Waals surface area contributed by atoms with E-state index in [4.69, 9.17) is 16.3 Å². The number of hydrogen-bond donors (Lipinski definition) is 2. The van der Waals surface area contributed by atoms with E-state index in [0.29, 0.717) is 39.9 Å². The average Bonchev–Trinajstić information content (AvgIpc) is 3.39. The molecule has 1 aromatic heterocycles. The van der Waals surface area contributed by atoms with Crippen molar-refractivity contribution >= 4 is 45.6 Å². The number of halogens is 2. The van der Waals surface area contributed by atoms with Crippen LogP contribution in [0.5, 0.6) is 0 Å². The second-order valence-electron chi connectivity index (χ2n) is 9.48. The SMILES string of the molecule is C=CC(=O)Nc1cc2c(Nc3cccc(Cl)c3F)ncnc2cc1C#C[C@]12C[C@H]1CN(C1COC1)C2. The van der Waals surface area contributed by atoms with E-state index >= 15 is 0 Å². The second kappa shape index (κ2) is 8.86. The van der Waals surface area contributed by atoms with Crippen LogP contribution in [0.1, 0.15) is 12.0 Å². The Morgan fingerprint density at radius 3 is 2.94 bits per heavy atom. The molecule has 2 saturated heterocycles. The summed E-state index contributed by atoms with van der Waals surface area (Å²) >= 11 is 5.93. The molecule has 2 atom stereocenters. The van der Waals surface area contributed by atoms with E-state index in [1.165, 1.54) is 18.5 Å². The number of nitrogens with one attached hydrogen (secondary N) is 2. The molecule has 1 aliphatic carbocycles. The number of hydrogen-bond acceptors (Lipinski definition) is 6. The highest BCUT2D eigenvalue weighted by molar-refractivity contribution is 6.31. The fraction of sp³-hybridized carbons (Fsp3) is 0.296. The summed E-state index contributed by atoms with van der Waals surface area (Å²) in [5, 5.41) is 6.44. The summed E-state index contributed by atoms with van der Waals surface area (Å²) in [5.74, 6) is 6.85. The number of likely N-dealkylation sites (tertiary alicyclic amines) is 1. The van der Waals surface area contributed by atoms with Gasteiger partial charge in [-0.15, -0.1) is 0 Å². The van der Waals surface area contributed by atoms with Crippen molar-refractivity contribution in [2.45, 2.75) is 12.5 Å². The fourth-order valence-corrected chi connectivity index (χ4v) is 5.12. The Hall–Kier alpha value is -3.51. The van der Waals surface area contributed by atoms with Crippen LogP contribution in [0.3, 0.4) is 0 Å². The van der Waals surface area contributed by atoms with Crippen LogP contribution < -0.4 is 10.6 Å². The lowest BCUT2D eigenvalue weighted by atomic mass is 10.0. The van der Waals surface area contributed by atoms with Gasteiger partial charge in [0.2, 0.25) is 5.91 Å². The molecule has 2 aromatic carbocycles. The molecule has 3 aromatic rings. The zero-order chi connectivity index (χ0) is 24.9. The highest BCUT2D eigenvalue weighted by Crippen LogP contribution is 2.58. The molecular formula is C27H23ClFN5O2. The Morgan fingerprint density at radius 1 is 1.31 bits per heavy atom. The van der Waals surface area contributed by atoms with Gasteiger partial charge in [0, 0.05) is 23.9 Å². The van der Waals surface area contributed by atoms with Gasteiger partial charge in [-0.1, -0.05) is 36.1 Å². The smallest absolute Gasteiger partial charge is 0.247 e. The zero-order valence-electron chi connectivity index (χ0n) is 19.4. The van der Waals surface area contributed by atoms with Crippen molar-refractivity contribution < 1.29 is 13.9 Å². The Kier molecular flexibility index (Phi) is 5.64. The standard InChI is InChI=1S/C27H23ClFN5O2/c1-2-24(35)32-22-9-19-23(30-15-31-26(19)33-21-5-3-4-20(28)25(21)29)8-16(22)6-7-27-10-17(27)11-34(14-27)18-12-36-13-18/h2-5,8-9,15,17-18H,1,10-14H2,(H,32,35)(H,30,31,33)/t17-,27+/m0/s1. The largest absolute Gasteiger partial charge is 0.378 e. The summed E-state index contributed by atoms with van der Waals surface area (Å²) in [6.07, 6.45) is 3.69. The predicted octanol–water partition coefficient (Wildman–Crippen LogP) is 4.36. The van der Waals surface area contributed by atoms with Crippen LogP contribution in [0.2, 0.25) is 5.02 Å². The molecule has 3 heterocycles. The van der Waals surface area contributed by atoms with Crippen molar-refractivity contribution in [1.82, 2.24) is 14.9 Å². The lowest BCUT2D eigenvalue weighted by Gasteiger charge is -2.35. The fourth-order valence-electron chi connectivity index (χ4n) is 4.94. The average molecular weight is 504 g/mol. The van der Waals surface area contributed by atoms with Crippen LogP contribution in [0.15, 0.2) is 49.3 Å². The minimum Gasteiger partial charge on any atom is -0.378 e. The molecule has 3 fully saturated rings. The van der Waals surface area contributed by atoms with Gasteiger partial charge in [-0.2, -0.15) is 0 Å². The highest BCUT2D eigenvalue weighted by atomic mass is 35.5. The molecule has 3 aliphatic rings. The van der Waals surface area contributed by atoms with Gasteiger partial charge in [0.05, 0.1) is 46.7 Å². The monoisotopic (exact) mass is 503 g/mol. The summed E-state index contributed by atoms with van der Waals surface area (Å²) < 4.78 is 19.9. The van der Waals surface area contributed by atoms with Crippen molar-refractivity contribution in [2.75, 3.05) is 36.9 Å². The summed E-state index contributed by atoms with van der Waals surface area (Å²) in [4.78, 5) is 23.4. The highest BCUT2D eigenvalue weighted by Gasteiger charge is 2.60. The van der Waals surface area contributed by atoms with Crippen molar-refractivity contribution in [3.8, 4) is 11.8 Å². The van der Waals surface area contributed by atoms with Gasteiger partial charge < -0.3 is 15.4 Å². The van der Waals surface area contributed by atoms with Gasteiger partial charge in [-0.05, 0) is 42.7 Å². The van der Waals surface area contributed by atoms with Gasteiger partial charge in [-0.3, -0.25) is 9.69 Å². The van der Waals surface area contributed by atoms with E-state index in [0.717, 1.165) is 32.7 Å². The quantitative estimate of drug-likeness (QED) is 0.398. The summed E-state index contributed by atoms with van der Waals surface area (Å²) in [7, 11) is 0. The van der Waals surface area contributed by atoms with Crippen LogP contribution in [0.4, 0.5) is 21.6 Å². The van der Waals surface area contributed by atoms with Gasteiger partial charge in [0.25, 0.3) is 0 Å². The first kappa shape index (κ1) is 22.9. The molecular weight excluding hydrogens is 481 g/mol. The van der Waals surface area contributed by atoms with Crippen molar-refractivity contribution in [1.29, 1.82) is 0 Å². The number of carbonyl (C=O) groups excluding carboxylic acids is 1. The number of amides is 1. The minimum atomic E-state index is -0.578. The van der Waals surface area contributed by atoms with E-state index in [1.54, 1.807) is 18.2 Å². The number of rotatable bonds is 5. The lowest BCUT2D eigenvalue weighted by Crippen LogP contribution is -2.49. The van der Waals surface area contributed by atoms with E-state index in [2.05, 4.69) is 43.9 Å². The van der Waals surface area contributed by atoms with E-state index in [9.17, 15) is 9.18 Å². The van der Waals surface area contributed by atoms with E-state index in [1.807, 2.05) is 6.07 Å². The van der Waals surface area contributed by atoms with Crippen molar-refractivity contribution in [3.05, 3.63) is 65.7 Å². The van der Waals surface area contributed by atoms with Crippen LogP contribution in [0.25, 0.3) is 10.9 Å². The van der Waals surface area contributed by atoms with E-state index < -0.39 is 5.82 Å². The topological polar surface area (TPSA) is 79.4 Å². The third-order valence-electron chi connectivity index (χ3n) is 7.18. The molecule has 0 bridgehead atoms. The maximum atomic E-state index is 14.5. The maximum absolute atomic E-state index is 14.5. The molecule has 0 spiro atoms. The van der Waals surface area contributed by atoms with Crippen LogP contribution in [-0.4, -0.2) is 53.1 Å². The van der Waals surface area contributed by atoms with E-state index in [-0.39, 0.29) is 22.0 Å². The number of carbonyl (C=O) groups is 1. The summed E-state index contributed by atoms with van der Waals surface area (Å²) in [6.45, 7) is 7.15. The first-order valence-electron chi connectivity index (χ1n) is 11.7. The minimum absolute atomic E-state index is 0.00271. The molecule has 6 rings (SSSR count). The normalized spacial score (nSPS) is 22.8. The molecule has 1 amide bonds. The van der Waals surface area contributed by atoms with Gasteiger partial charge >= 0.3 is 0 Å². The predicted molar refractivity (Wildman–Crippen MR) is 137 cm³/mol. The Morgan fingerprint density at radius 2 is 2.17 bits per heavy atom. The molecule has 7 nitrogen and oxygen atoms in total. The molecule has 0 radical (unpaired) electrons. The molecule has 1 saturated carbocycles. The summed E-state index contributed by atoms with van der Waals surface area (Å²) in [6, 6.07) is 8.77. The number of piperidine rings is 1. The lowest BCUT2D eigenvalue weighted by molar-refractivity contribution is -0.111. The van der Waals surface area contributed by atoms with Gasteiger partial charge in [0.1, 0.15) is 12.1 Å². The number of fused-ring (bicyclic) bond motifs is 2. The molecule has 182 valence electrons. The number of aromatic nitrogens is 2. The third kappa shape index (κ3) is 4.09. The second-order valence-corrected chi connectivity index (χ2v) is 9.89. The molecule has 36 heavy (non-hydrogen) atoms. The third-order valence-corrected chi connectivity index (χ3v) is 7.47. The first-order valence-corrected chi connectivity index (χ1v) is 12.1. The number of anilines is 3. The number of benzene rings is 2. The molecule has 0 unspecified atom stereocenters. The van der Waals surface area contributed by atoms with Gasteiger partial charge in [-0.25, -0.2) is 14.4 Å². The molecule has 2 N–H and O–H groups in total. The maximum Gasteiger partial charge on any atom is 0.247 e. The molecule has 9 heteroatoms.